The molecule has 0 aliphatic heterocycles. The molecule has 1 fully saturated rings. The molecule has 0 radical (unpaired) electrons. The highest BCUT2D eigenvalue weighted by atomic mass is 32.2. The summed E-state index contributed by atoms with van der Waals surface area (Å²) in [6.07, 6.45) is 6.18. The first kappa shape index (κ1) is 38.2. The van der Waals surface area contributed by atoms with Crippen LogP contribution in [-0.2, 0) is 41.4 Å². The molecule has 0 unspecified atom stereocenters. The zero-order valence-corrected chi connectivity index (χ0v) is 28.4. The molecule has 1 saturated carbocycles. The van der Waals surface area contributed by atoms with Crippen LogP contribution in [-0.4, -0.2) is 81.5 Å². The van der Waals surface area contributed by atoms with Gasteiger partial charge in [0.2, 0.25) is 27.6 Å². The normalized spacial score (nSPS) is 14.7. The van der Waals surface area contributed by atoms with Crippen LogP contribution in [0.25, 0.3) is 0 Å². The minimum atomic E-state index is -3.95. The smallest absolute Gasteiger partial charge is 0.289 e. The molecule has 48 heavy (non-hydrogen) atoms. The third-order valence-electron chi connectivity index (χ3n) is 8.23. The zero-order valence-electron chi connectivity index (χ0n) is 27.6. The van der Waals surface area contributed by atoms with E-state index in [0.717, 1.165) is 42.6 Å². The third kappa shape index (κ3) is 13.8. The second kappa shape index (κ2) is 19.5. The van der Waals surface area contributed by atoms with Crippen LogP contribution in [0.4, 0.5) is 0 Å². The van der Waals surface area contributed by atoms with Crippen LogP contribution < -0.4 is 26.8 Å². The van der Waals surface area contributed by atoms with E-state index in [2.05, 4.69) is 20.3 Å². The number of carbonyl (C=O) groups excluding carboxylic acids is 4. The molecule has 0 heterocycles. The van der Waals surface area contributed by atoms with Crippen molar-refractivity contribution in [2.75, 3.05) is 26.7 Å². The lowest BCUT2D eigenvalue weighted by molar-refractivity contribution is -0.141. The van der Waals surface area contributed by atoms with Gasteiger partial charge in [-0.3, -0.25) is 24.2 Å². The average molecular weight is 684 g/mol. The number of benzene rings is 2. The first-order valence-electron chi connectivity index (χ1n) is 16.4. The van der Waals surface area contributed by atoms with Gasteiger partial charge in [0.15, 0.2) is 5.96 Å². The number of amides is 3. The van der Waals surface area contributed by atoms with Crippen LogP contribution in [0.15, 0.2) is 65.7 Å². The number of carbonyl (C=O) groups is 4. The minimum Gasteiger partial charge on any atom is -0.370 e. The van der Waals surface area contributed by atoms with E-state index in [-0.39, 0.29) is 37.1 Å². The van der Waals surface area contributed by atoms with Gasteiger partial charge in [-0.2, -0.15) is 0 Å². The van der Waals surface area contributed by atoms with Gasteiger partial charge in [-0.15, -0.1) is 0 Å². The maximum absolute atomic E-state index is 13.5. The number of aliphatic imine (C=N–C) groups is 1. The molecular weight excluding hydrogens is 634 g/mol. The van der Waals surface area contributed by atoms with E-state index >= 15 is 0 Å². The Balaban J connectivity index is 1.65. The van der Waals surface area contributed by atoms with E-state index in [1.54, 1.807) is 30.3 Å². The van der Waals surface area contributed by atoms with E-state index in [0.29, 0.717) is 24.8 Å². The summed E-state index contributed by atoms with van der Waals surface area (Å²) in [6.45, 7) is -0.0104. The Kier molecular flexibility index (Phi) is 15.5. The molecule has 3 amide bonds. The van der Waals surface area contributed by atoms with Crippen molar-refractivity contribution in [1.82, 2.24) is 20.3 Å². The molecule has 14 heteroatoms. The molecule has 2 atom stereocenters. The highest BCUT2D eigenvalue weighted by Crippen LogP contribution is 2.27. The second-order valence-electron chi connectivity index (χ2n) is 12.3. The molecule has 0 saturated heterocycles. The topological polar surface area (TPSA) is 206 Å². The highest BCUT2D eigenvalue weighted by molar-refractivity contribution is 7.88. The van der Waals surface area contributed by atoms with Crippen molar-refractivity contribution in [3.63, 3.8) is 0 Å². The number of hydrogen-bond acceptors (Lipinski definition) is 7. The Labute approximate surface area is 283 Å². The number of sulfonamides is 1. The van der Waals surface area contributed by atoms with Gasteiger partial charge in [0.1, 0.15) is 6.04 Å². The van der Waals surface area contributed by atoms with Crippen molar-refractivity contribution in [1.29, 1.82) is 0 Å². The van der Waals surface area contributed by atoms with Gasteiger partial charge in [0.25, 0.3) is 5.91 Å². The Morgan fingerprint density at radius 3 is 2.17 bits per heavy atom. The molecule has 2 aromatic carbocycles. The number of likely N-dealkylation sites (N-methyl/N-ethyl adjacent to an activating group) is 1. The standard InChI is InChI=1S/C34H49N7O6S/c1-41(33(45)28(18-11-20-38-34(35)36)40-48(46,47)24-27-16-9-4-10-17-27)23-30(42)39-29(22-26-14-7-3-8-15-26)31(43)32(44)37-21-19-25-12-5-2-6-13-25/h2,4-6,9-10,12-13,16-17,26,28-29,40H,3,7-8,11,14-15,18-24H2,1H3,(H,37,44)(H,39,42)(H4,35,36,38)/t28-,29+/m1/s1. The van der Waals surface area contributed by atoms with E-state index in [1.165, 1.54) is 7.05 Å². The van der Waals surface area contributed by atoms with Crippen LogP contribution >= 0.6 is 0 Å². The Bertz CT molecular complexity index is 1480. The summed E-state index contributed by atoms with van der Waals surface area (Å²) in [7, 11) is -2.57. The van der Waals surface area contributed by atoms with Crippen molar-refractivity contribution in [2.24, 2.45) is 22.4 Å². The number of nitrogens with one attached hydrogen (secondary N) is 3. The zero-order chi connectivity index (χ0) is 34.9. The van der Waals surface area contributed by atoms with Crippen molar-refractivity contribution in [3.8, 4) is 0 Å². The predicted octanol–water partition coefficient (Wildman–Crippen LogP) is 1.37. The lowest BCUT2D eigenvalue weighted by Crippen LogP contribution is -2.53. The SMILES string of the molecule is CN(CC(=O)N[C@@H](CC1CCCCC1)C(=O)C(=O)NCCc1ccccc1)C(=O)[C@@H](CCCN=C(N)N)NS(=O)(=O)Cc1ccccc1. The Morgan fingerprint density at radius 2 is 1.54 bits per heavy atom. The maximum atomic E-state index is 13.5. The van der Waals surface area contributed by atoms with Gasteiger partial charge in [0.05, 0.1) is 18.3 Å². The van der Waals surface area contributed by atoms with E-state index in [9.17, 15) is 27.6 Å². The van der Waals surface area contributed by atoms with Crippen LogP contribution in [0, 0.1) is 5.92 Å². The summed E-state index contributed by atoms with van der Waals surface area (Å²) < 4.78 is 28.5. The summed E-state index contributed by atoms with van der Waals surface area (Å²) in [5.41, 5.74) is 12.3. The van der Waals surface area contributed by atoms with Crippen molar-refractivity contribution < 1.29 is 27.6 Å². The number of ketones is 1. The highest BCUT2D eigenvalue weighted by Gasteiger charge is 2.32. The molecular formula is C34H49N7O6S. The van der Waals surface area contributed by atoms with Crippen molar-refractivity contribution in [3.05, 3.63) is 71.8 Å². The summed E-state index contributed by atoms with van der Waals surface area (Å²) in [5, 5.41) is 5.37. The molecule has 0 aromatic heterocycles. The summed E-state index contributed by atoms with van der Waals surface area (Å²) in [5.74, 6) is -3.07. The quantitative estimate of drug-likeness (QED) is 0.0631. The summed E-state index contributed by atoms with van der Waals surface area (Å²) >= 11 is 0. The first-order valence-corrected chi connectivity index (χ1v) is 18.1. The fraction of sp³-hybridized carbons (Fsp3) is 0.500. The number of guanidine groups is 1. The van der Waals surface area contributed by atoms with Gasteiger partial charge in [-0.1, -0.05) is 92.8 Å². The Hall–Kier alpha value is -4.30. The number of Topliss-reactive ketones (excluding diaryl/α,β-unsaturated/α-hetero) is 1. The molecule has 262 valence electrons. The molecule has 13 nitrogen and oxygen atoms in total. The third-order valence-corrected chi connectivity index (χ3v) is 9.59. The van der Waals surface area contributed by atoms with Gasteiger partial charge in [-0.05, 0) is 42.7 Å². The molecule has 1 aliphatic carbocycles. The fourth-order valence-electron chi connectivity index (χ4n) is 5.79. The van der Waals surface area contributed by atoms with Gasteiger partial charge in [0, 0.05) is 20.1 Å². The van der Waals surface area contributed by atoms with Crippen LogP contribution in [0.2, 0.25) is 0 Å². The molecule has 7 N–H and O–H groups in total. The minimum absolute atomic E-state index is 0.0710. The number of hydrogen-bond donors (Lipinski definition) is 5. The van der Waals surface area contributed by atoms with E-state index < -0.39 is 52.2 Å². The van der Waals surface area contributed by atoms with Gasteiger partial charge in [-0.25, -0.2) is 13.1 Å². The van der Waals surface area contributed by atoms with Crippen LogP contribution in [0.5, 0.6) is 0 Å². The summed E-state index contributed by atoms with van der Waals surface area (Å²) in [4.78, 5) is 58.0. The molecule has 1 aliphatic rings. The number of nitrogens with two attached hydrogens (primary N) is 2. The first-order chi connectivity index (χ1) is 22.9. The van der Waals surface area contributed by atoms with Crippen molar-refractivity contribution in [2.45, 2.75) is 75.6 Å². The van der Waals surface area contributed by atoms with E-state index in [1.807, 2.05) is 30.3 Å². The lowest BCUT2D eigenvalue weighted by atomic mass is 9.84. The van der Waals surface area contributed by atoms with Gasteiger partial charge >= 0.3 is 0 Å². The monoisotopic (exact) mass is 683 g/mol. The predicted molar refractivity (Wildman–Crippen MR) is 185 cm³/mol. The van der Waals surface area contributed by atoms with Crippen molar-refractivity contribution >= 4 is 39.5 Å². The molecule has 0 bridgehead atoms. The second-order valence-corrected chi connectivity index (χ2v) is 14.0. The lowest BCUT2D eigenvalue weighted by Gasteiger charge is -2.28. The van der Waals surface area contributed by atoms with E-state index in [4.69, 9.17) is 11.5 Å². The number of rotatable bonds is 19. The molecule has 2 aromatic rings. The van der Waals surface area contributed by atoms with Gasteiger partial charge < -0.3 is 27.0 Å². The molecule has 0 spiro atoms. The van der Waals surface area contributed by atoms with Crippen LogP contribution in [0.1, 0.15) is 62.5 Å². The maximum Gasteiger partial charge on any atom is 0.289 e. The number of nitrogens with zero attached hydrogens (tertiary/aromatic N) is 2. The Morgan fingerprint density at radius 1 is 0.917 bits per heavy atom. The summed E-state index contributed by atoms with van der Waals surface area (Å²) in [6, 6.07) is 15.8. The molecule has 3 rings (SSSR count). The van der Waals surface area contributed by atoms with Crippen LogP contribution in [0.3, 0.4) is 0 Å². The largest absolute Gasteiger partial charge is 0.370 e. The average Bonchev–Trinajstić information content (AvgIpc) is 3.06. The fourth-order valence-corrected chi connectivity index (χ4v) is 7.15.